The van der Waals surface area contributed by atoms with Crippen LogP contribution in [0.15, 0.2) is 6.33 Å². The van der Waals surface area contributed by atoms with Crippen LogP contribution in [0.1, 0.15) is 20.3 Å². The summed E-state index contributed by atoms with van der Waals surface area (Å²) in [5, 5.41) is 13.5. The van der Waals surface area contributed by atoms with Crippen LogP contribution in [-0.2, 0) is 11.3 Å². The van der Waals surface area contributed by atoms with Gasteiger partial charge in [-0.2, -0.15) is 0 Å². The first-order valence-corrected chi connectivity index (χ1v) is 6.83. The first kappa shape index (κ1) is 13.9. The average Bonchev–Trinajstić information content (AvgIpc) is 2.80. The van der Waals surface area contributed by atoms with Gasteiger partial charge in [-0.05, 0) is 28.7 Å². The molecule has 7 nitrogen and oxygen atoms in total. The predicted octanol–water partition coefficient (Wildman–Crippen LogP) is -0.233. The highest BCUT2D eigenvalue weighted by Gasteiger charge is 2.21. The Kier molecular flexibility index (Phi) is 4.84. The lowest BCUT2D eigenvalue weighted by Crippen LogP contribution is -2.43. The minimum atomic E-state index is -0.0505. The van der Waals surface area contributed by atoms with Crippen molar-refractivity contribution in [2.45, 2.75) is 26.8 Å². The Hall–Kier alpha value is -1.50. The minimum absolute atomic E-state index is 0.0505. The number of carbonyl (C=O) groups excluding carboxylic acids is 1. The molecule has 19 heavy (non-hydrogen) atoms. The van der Waals surface area contributed by atoms with Crippen LogP contribution in [0.5, 0.6) is 0 Å². The molecule has 2 atom stereocenters. The van der Waals surface area contributed by atoms with Crippen LogP contribution in [0.25, 0.3) is 0 Å². The van der Waals surface area contributed by atoms with Crippen molar-refractivity contribution in [1.29, 1.82) is 0 Å². The van der Waals surface area contributed by atoms with E-state index in [1.165, 1.54) is 17.4 Å². The molecule has 0 spiro atoms. The summed E-state index contributed by atoms with van der Waals surface area (Å²) in [6.07, 6.45) is 2.75. The van der Waals surface area contributed by atoms with Gasteiger partial charge < -0.3 is 10.2 Å². The number of tetrazole rings is 1. The van der Waals surface area contributed by atoms with E-state index in [1.807, 2.05) is 0 Å². The van der Waals surface area contributed by atoms with Crippen molar-refractivity contribution in [3.8, 4) is 0 Å². The maximum atomic E-state index is 11.6. The highest BCUT2D eigenvalue weighted by Crippen LogP contribution is 2.20. The number of hydrogen-bond donors (Lipinski definition) is 1. The van der Waals surface area contributed by atoms with Gasteiger partial charge in [-0.15, -0.1) is 5.10 Å². The molecule has 2 rings (SSSR count). The zero-order valence-electron chi connectivity index (χ0n) is 11.6. The van der Waals surface area contributed by atoms with Crippen molar-refractivity contribution in [3.05, 3.63) is 6.33 Å². The fourth-order valence-electron chi connectivity index (χ4n) is 2.78. The lowest BCUT2D eigenvalue weighted by molar-refractivity contribution is -0.121. The van der Waals surface area contributed by atoms with Crippen molar-refractivity contribution in [2.24, 2.45) is 11.8 Å². The van der Waals surface area contributed by atoms with Crippen LogP contribution < -0.4 is 5.32 Å². The van der Waals surface area contributed by atoms with Gasteiger partial charge in [-0.25, -0.2) is 4.68 Å². The first-order valence-electron chi connectivity index (χ1n) is 6.83. The average molecular weight is 266 g/mol. The Morgan fingerprint density at radius 3 is 2.74 bits per heavy atom. The molecule has 1 aliphatic heterocycles. The molecule has 1 aromatic rings. The molecule has 0 aromatic carbocycles. The number of carbonyl (C=O) groups is 1. The number of hydrogen-bond acceptors (Lipinski definition) is 5. The van der Waals surface area contributed by atoms with E-state index in [1.54, 1.807) is 0 Å². The van der Waals surface area contributed by atoms with E-state index in [4.69, 9.17) is 0 Å². The molecule has 0 bridgehead atoms. The molecule has 1 N–H and O–H groups in total. The number of rotatable bonds is 5. The van der Waals surface area contributed by atoms with E-state index in [2.05, 4.69) is 39.6 Å². The molecule has 1 aliphatic rings. The number of nitrogens with zero attached hydrogens (tertiary/aromatic N) is 5. The topological polar surface area (TPSA) is 75.9 Å². The Morgan fingerprint density at radius 1 is 1.37 bits per heavy atom. The molecule has 0 unspecified atom stereocenters. The molecule has 1 fully saturated rings. The second-order valence-corrected chi connectivity index (χ2v) is 5.56. The number of nitrogens with one attached hydrogen (secondary N) is 1. The van der Waals surface area contributed by atoms with E-state index in [0.29, 0.717) is 6.54 Å². The van der Waals surface area contributed by atoms with E-state index in [-0.39, 0.29) is 12.5 Å². The number of aromatic nitrogens is 4. The standard InChI is InChI=1S/C12H22N6O/c1-10-5-11(2)7-17(6-10)4-3-13-12(19)8-18-9-14-15-16-18/h9-11H,3-8H2,1-2H3,(H,13,19)/t10-,11+. The Balaban J connectivity index is 1.64. The molecule has 0 saturated carbocycles. The van der Waals surface area contributed by atoms with Gasteiger partial charge in [0.15, 0.2) is 0 Å². The molecule has 1 amide bonds. The van der Waals surface area contributed by atoms with Crippen LogP contribution >= 0.6 is 0 Å². The second-order valence-electron chi connectivity index (χ2n) is 5.56. The van der Waals surface area contributed by atoms with Gasteiger partial charge in [0, 0.05) is 26.2 Å². The van der Waals surface area contributed by atoms with Crippen molar-refractivity contribution < 1.29 is 4.79 Å². The number of piperidine rings is 1. The quantitative estimate of drug-likeness (QED) is 0.796. The van der Waals surface area contributed by atoms with Crippen molar-refractivity contribution in [3.63, 3.8) is 0 Å². The smallest absolute Gasteiger partial charge is 0.241 e. The van der Waals surface area contributed by atoms with Gasteiger partial charge in [0.05, 0.1) is 0 Å². The lowest BCUT2D eigenvalue weighted by atomic mass is 9.92. The second kappa shape index (κ2) is 6.60. The Bertz CT molecular complexity index is 383. The van der Waals surface area contributed by atoms with Crippen molar-refractivity contribution in [2.75, 3.05) is 26.2 Å². The Morgan fingerprint density at radius 2 is 2.11 bits per heavy atom. The zero-order chi connectivity index (χ0) is 13.7. The first-order chi connectivity index (χ1) is 9.13. The summed E-state index contributed by atoms with van der Waals surface area (Å²) in [5.41, 5.74) is 0. The summed E-state index contributed by atoms with van der Waals surface area (Å²) >= 11 is 0. The maximum Gasteiger partial charge on any atom is 0.241 e. The highest BCUT2D eigenvalue weighted by atomic mass is 16.2. The maximum absolute atomic E-state index is 11.6. The molecule has 106 valence electrons. The highest BCUT2D eigenvalue weighted by molar-refractivity contribution is 5.75. The summed E-state index contributed by atoms with van der Waals surface area (Å²) in [7, 11) is 0. The van der Waals surface area contributed by atoms with Gasteiger partial charge in [0.1, 0.15) is 12.9 Å². The van der Waals surface area contributed by atoms with Crippen molar-refractivity contribution in [1.82, 2.24) is 30.4 Å². The van der Waals surface area contributed by atoms with Crippen LogP contribution in [-0.4, -0.2) is 57.2 Å². The van der Waals surface area contributed by atoms with Gasteiger partial charge in [-0.3, -0.25) is 4.79 Å². The zero-order valence-corrected chi connectivity index (χ0v) is 11.6. The summed E-state index contributed by atoms with van der Waals surface area (Å²) in [5.74, 6) is 1.45. The normalized spacial score (nSPS) is 24.3. The van der Waals surface area contributed by atoms with Crippen LogP contribution in [0, 0.1) is 11.8 Å². The van der Waals surface area contributed by atoms with Gasteiger partial charge in [0.25, 0.3) is 0 Å². The minimum Gasteiger partial charge on any atom is -0.353 e. The monoisotopic (exact) mass is 266 g/mol. The van der Waals surface area contributed by atoms with E-state index < -0.39 is 0 Å². The predicted molar refractivity (Wildman–Crippen MR) is 70.2 cm³/mol. The molecule has 7 heteroatoms. The Labute approximate surface area is 113 Å². The lowest BCUT2D eigenvalue weighted by Gasteiger charge is -2.34. The number of likely N-dealkylation sites (tertiary alicyclic amines) is 1. The van der Waals surface area contributed by atoms with Gasteiger partial charge in [-0.1, -0.05) is 13.8 Å². The molecular weight excluding hydrogens is 244 g/mol. The fraction of sp³-hybridized carbons (Fsp3) is 0.833. The molecule has 1 aromatic heterocycles. The summed E-state index contributed by atoms with van der Waals surface area (Å²) in [6, 6.07) is 0. The largest absolute Gasteiger partial charge is 0.353 e. The number of amides is 1. The van der Waals surface area contributed by atoms with Crippen LogP contribution in [0.3, 0.4) is 0 Å². The summed E-state index contributed by atoms with van der Waals surface area (Å²) < 4.78 is 1.42. The molecule has 0 aliphatic carbocycles. The van der Waals surface area contributed by atoms with Crippen LogP contribution in [0.2, 0.25) is 0 Å². The summed E-state index contributed by atoms with van der Waals surface area (Å²) in [4.78, 5) is 14.1. The van der Waals surface area contributed by atoms with Gasteiger partial charge in [0.2, 0.25) is 5.91 Å². The van der Waals surface area contributed by atoms with E-state index in [9.17, 15) is 4.79 Å². The molecule has 2 heterocycles. The van der Waals surface area contributed by atoms with Crippen molar-refractivity contribution >= 4 is 5.91 Å². The fourth-order valence-corrected chi connectivity index (χ4v) is 2.78. The van der Waals surface area contributed by atoms with Crippen LogP contribution in [0.4, 0.5) is 0 Å². The third-order valence-electron chi connectivity index (χ3n) is 3.39. The molecule has 1 saturated heterocycles. The summed E-state index contributed by atoms with van der Waals surface area (Å²) in [6.45, 7) is 8.62. The third kappa shape index (κ3) is 4.59. The van der Waals surface area contributed by atoms with Gasteiger partial charge >= 0.3 is 0 Å². The van der Waals surface area contributed by atoms with E-state index in [0.717, 1.165) is 31.5 Å². The molecular formula is C12H22N6O. The third-order valence-corrected chi connectivity index (χ3v) is 3.39. The molecule has 0 radical (unpaired) electrons. The SMILES string of the molecule is C[C@@H]1C[C@H](C)CN(CCNC(=O)Cn2cnnn2)C1. The van der Waals surface area contributed by atoms with E-state index >= 15 is 0 Å².